The van der Waals surface area contributed by atoms with Crippen LogP contribution >= 0.6 is 0 Å². The van der Waals surface area contributed by atoms with Crippen LogP contribution in [0.2, 0.25) is 0 Å². The first-order chi connectivity index (χ1) is 12.6. The number of carboxylic acid groups (broad SMARTS) is 1. The third-order valence-corrected chi connectivity index (χ3v) is 4.10. The fourth-order valence-corrected chi connectivity index (χ4v) is 2.62. The molecule has 0 aliphatic heterocycles. The molecule has 3 rings (SSSR count). The highest BCUT2D eigenvalue weighted by Gasteiger charge is 2.10. The number of methoxy groups -OCH3 is 1. The highest BCUT2D eigenvalue weighted by molar-refractivity contribution is 5.92. The molecular weight excluding hydrogens is 330 g/mol. The van der Waals surface area contributed by atoms with Crippen LogP contribution < -0.4 is 10.1 Å². The topological polar surface area (TPSA) is 78.8 Å². The lowest BCUT2D eigenvalue weighted by Gasteiger charge is -2.09. The summed E-state index contributed by atoms with van der Waals surface area (Å²) in [5.41, 5.74) is 3.79. The standard InChI is InChI=1S/C21H19NO4/c1-26-18-9-6-16(7-10-18)15-4-2-14(3-5-15)13-22-17-8-11-20(23)19(12-17)21(24)25/h2-12,22-23H,13H2,1H3,(H,24,25). The van der Waals surface area contributed by atoms with E-state index in [-0.39, 0.29) is 11.3 Å². The molecule has 0 radical (unpaired) electrons. The van der Waals surface area contributed by atoms with Crippen LogP contribution in [0.3, 0.4) is 0 Å². The maximum Gasteiger partial charge on any atom is 0.339 e. The van der Waals surface area contributed by atoms with E-state index in [1.165, 1.54) is 12.1 Å². The number of hydrogen-bond acceptors (Lipinski definition) is 4. The van der Waals surface area contributed by atoms with Gasteiger partial charge < -0.3 is 20.3 Å². The lowest BCUT2D eigenvalue weighted by molar-refractivity contribution is 0.0694. The second-order valence-electron chi connectivity index (χ2n) is 5.82. The van der Waals surface area contributed by atoms with Gasteiger partial charge in [0.25, 0.3) is 0 Å². The molecule has 0 unspecified atom stereocenters. The predicted molar refractivity (Wildman–Crippen MR) is 101 cm³/mol. The Kier molecular flexibility index (Phi) is 5.08. The van der Waals surface area contributed by atoms with Crippen molar-refractivity contribution in [3.05, 3.63) is 77.9 Å². The predicted octanol–water partition coefficient (Wildman–Crippen LogP) is 4.38. The third kappa shape index (κ3) is 3.95. The van der Waals surface area contributed by atoms with Crippen molar-refractivity contribution < 1.29 is 19.7 Å². The molecule has 3 N–H and O–H groups in total. The summed E-state index contributed by atoms with van der Waals surface area (Å²) in [5, 5.41) is 21.8. The number of nitrogens with one attached hydrogen (secondary N) is 1. The van der Waals surface area contributed by atoms with Gasteiger partial charge in [-0.1, -0.05) is 36.4 Å². The van der Waals surface area contributed by atoms with E-state index in [4.69, 9.17) is 9.84 Å². The molecule has 5 heteroatoms. The van der Waals surface area contributed by atoms with Crippen molar-refractivity contribution in [1.29, 1.82) is 0 Å². The fraction of sp³-hybridized carbons (Fsp3) is 0.0952. The number of carbonyl (C=O) groups is 1. The second kappa shape index (κ2) is 7.61. The van der Waals surface area contributed by atoms with Gasteiger partial charge in [0.1, 0.15) is 17.1 Å². The molecular formula is C21H19NO4. The van der Waals surface area contributed by atoms with Gasteiger partial charge in [-0.25, -0.2) is 4.79 Å². The number of benzene rings is 3. The number of anilines is 1. The Bertz CT molecular complexity index is 902. The van der Waals surface area contributed by atoms with Crippen LogP contribution in [0.15, 0.2) is 66.7 Å². The SMILES string of the molecule is COc1ccc(-c2ccc(CNc3ccc(O)c(C(=O)O)c3)cc2)cc1. The Labute approximate surface area is 151 Å². The minimum atomic E-state index is -1.16. The normalized spacial score (nSPS) is 10.3. The van der Waals surface area contributed by atoms with Gasteiger partial charge in [-0.15, -0.1) is 0 Å². The summed E-state index contributed by atoms with van der Waals surface area (Å²) < 4.78 is 5.17. The number of ether oxygens (including phenoxy) is 1. The molecule has 0 aliphatic carbocycles. The largest absolute Gasteiger partial charge is 0.507 e. The molecule has 5 nitrogen and oxygen atoms in total. The molecule has 0 spiro atoms. The van der Waals surface area contributed by atoms with Gasteiger partial charge in [0.2, 0.25) is 0 Å². The molecule has 0 heterocycles. The van der Waals surface area contributed by atoms with Crippen molar-refractivity contribution in [1.82, 2.24) is 0 Å². The zero-order valence-electron chi connectivity index (χ0n) is 14.3. The maximum absolute atomic E-state index is 11.1. The van der Waals surface area contributed by atoms with Gasteiger partial charge in [-0.2, -0.15) is 0 Å². The zero-order chi connectivity index (χ0) is 18.5. The Morgan fingerprint density at radius 2 is 1.58 bits per heavy atom. The highest BCUT2D eigenvalue weighted by atomic mass is 16.5. The monoisotopic (exact) mass is 349 g/mol. The summed E-state index contributed by atoms with van der Waals surface area (Å²) in [7, 11) is 1.64. The minimum absolute atomic E-state index is 0.121. The molecule has 26 heavy (non-hydrogen) atoms. The average molecular weight is 349 g/mol. The Morgan fingerprint density at radius 1 is 0.962 bits per heavy atom. The van der Waals surface area contributed by atoms with E-state index in [2.05, 4.69) is 5.32 Å². The molecule has 3 aromatic carbocycles. The van der Waals surface area contributed by atoms with E-state index in [1.807, 2.05) is 48.5 Å². The molecule has 0 saturated carbocycles. The van der Waals surface area contributed by atoms with Gasteiger partial charge in [-0.05, 0) is 47.0 Å². The van der Waals surface area contributed by atoms with Crippen LogP contribution in [0, 0.1) is 0 Å². The van der Waals surface area contributed by atoms with Crippen LogP contribution in [0.1, 0.15) is 15.9 Å². The van der Waals surface area contributed by atoms with Crippen molar-refractivity contribution in [2.45, 2.75) is 6.54 Å². The summed E-state index contributed by atoms with van der Waals surface area (Å²) in [5.74, 6) is -0.578. The first-order valence-corrected chi connectivity index (χ1v) is 8.10. The minimum Gasteiger partial charge on any atom is -0.507 e. The van der Waals surface area contributed by atoms with Crippen LogP contribution in [0.4, 0.5) is 5.69 Å². The molecule has 132 valence electrons. The third-order valence-electron chi connectivity index (χ3n) is 4.10. The van der Waals surface area contributed by atoms with E-state index >= 15 is 0 Å². The Balaban J connectivity index is 1.68. The van der Waals surface area contributed by atoms with Crippen molar-refractivity contribution >= 4 is 11.7 Å². The van der Waals surface area contributed by atoms with Crippen molar-refractivity contribution in [3.8, 4) is 22.6 Å². The van der Waals surface area contributed by atoms with E-state index in [0.717, 1.165) is 22.4 Å². The van der Waals surface area contributed by atoms with Crippen molar-refractivity contribution in [3.63, 3.8) is 0 Å². The second-order valence-corrected chi connectivity index (χ2v) is 5.82. The Hall–Kier alpha value is -3.47. The summed E-state index contributed by atoms with van der Waals surface area (Å²) in [4.78, 5) is 11.1. The van der Waals surface area contributed by atoms with Crippen LogP contribution in [-0.2, 0) is 6.54 Å². The summed E-state index contributed by atoms with van der Waals surface area (Å²) in [6, 6.07) is 20.4. The average Bonchev–Trinajstić information content (AvgIpc) is 2.67. The molecule has 0 saturated heterocycles. The van der Waals surface area contributed by atoms with Crippen molar-refractivity contribution in [2.24, 2.45) is 0 Å². The number of phenols is 1. The first kappa shape index (κ1) is 17.4. The van der Waals surface area contributed by atoms with Crippen LogP contribution in [0.25, 0.3) is 11.1 Å². The smallest absolute Gasteiger partial charge is 0.339 e. The van der Waals surface area contributed by atoms with Crippen LogP contribution in [-0.4, -0.2) is 23.3 Å². The number of aromatic carboxylic acids is 1. The van der Waals surface area contributed by atoms with Gasteiger partial charge in [0, 0.05) is 12.2 Å². The number of rotatable bonds is 6. The number of aromatic hydroxyl groups is 1. The van der Waals surface area contributed by atoms with E-state index < -0.39 is 5.97 Å². The first-order valence-electron chi connectivity index (χ1n) is 8.10. The number of carboxylic acids is 1. The van der Waals surface area contributed by atoms with E-state index in [9.17, 15) is 9.90 Å². The highest BCUT2D eigenvalue weighted by Crippen LogP contribution is 2.24. The van der Waals surface area contributed by atoms with Gasteiger partial charge >= 0.3 is 5.97 Å². The van der Waals surface area contributed by atoms with Gasteiger partial charge in [0.15, 0.2) is 0 Å². The lowest BCUT2D eigenvalue weighted by Crippen LogP contribution is -2.02. The maximum atomic E-state index is 11.1. The van der Waals surface area contributed by atoms with E-state index in [0.29, 0.717) is 12.2 Å². The summed E-state index contributed by atoms with van der Waals surface area (Å²) in [6.07, 6.45) is 0. The van der Waals surface area contributed by atoms with Crippen LogP contribution in [0.5, 0.6) is 11.5 Å². The molecule has 0 atom stereocenters. The Morgan fingerprint density at radius 3 is 2.15 bits per heavy atom. The molecule has 0 fully saturated rings. The molecule has 0 bridgehead atoms. The number of hydrogen-bond donors (Lipinski definition) is 3. The van der Waals surface area contributed by atoms with Gasteiger partial charge in [0.05, 0.1) is 7.11 Å². The lowest BCUT2D eigenvalue weighted by atomic mass is 10.0. The summed E-state index contributed by atoms with van der Waals surface area (Å²) >= 11 is 0. The zero-order valence-corrected chi connectivity index (χ0v) is 14.3. The quantitative estimate of drug-likeness (QED) is 0.576. The molecule has 0 amide bonds. The fourth-order valence-electron chi connectivity index (χ4n) is 2.62. The van der Waals surface area contributed by atoms with E-state index in [1.54, 1.807) is 13.2 Å². The molecule has 0 aliphatic rings. The molecule has 0 aromatic heterocycles. The van der Waals surface area contributed by atoms with Gasteiger partial charge in [-0.3, -0.25) is 0 Å². The van der Waals surface area contributed by atoms with Crippen molar-refractivity contribution in [2.75, 3.05) is 12.4 Å². The molecule has 3 aromatic rings. The summed E-state index contributed by atoms with van der Waals surface area (Å²) in [6.45, 7) is 0.548.